The van der Waals surface area contributed by atoms with Gasteiger partial charge in [-0.3, -0.25) is 4.79 Å². The third-order valence-electron chi connectivity index (χ3n) is 3.44. The van der Waals surface area contributed by atoms with E-state index in [1.165, 1.54) is 17.3 Å². The second-order valence-corrected chi connectivity index (χ2v) is 7.11. The van der Waals surface area contributed by atoms with Crippen LogP contribution in [0.15, 0.2) is 62.6 Å². The predicted molar refractivity (Wildman–Crippen MR) is 103 cm³/mol. The van der Waals surface area contributed by atoms with Gasteiger partial charge in [0.15, 0.2) is 0 Å². The van der Waals surface area contributed by atoms with Crippen molar-refractivity contribution in [1.82, 2.24) is 10.2 Å². The molecule has 128 valence electrons. The summed E-state index contributed by atoms with van der Waals surface area (Å²) >= 11 is 4.60. The van der Waals surface area contributed by atoms with E-state index >= 15 is 0 Å². The molecular formula is C18H16BrN3O2S. The smallest absolute Gasteiger partial charge is 0.277 e. The largest absolute Gasteiger partial charge is 0.411 e. The van der Waals surface area contributed by atoms with E-state index < -0.39 is 0 Å². The Balaban J connectivity index is 1.56. The number of hydrogen-bond donors (Lipinski definition) is 1. The first-order valence-corrected chi connectivity index (χ1v) is 9.53. The van der Waals surface area contributed by atoms with Crippen molar-refractivity contribution in [2.24, 2.45) is 0 Å². The van der Waals surface area contributed by atoms with Crippen LogP contribution >= 0.6 is 27.7 Å². The van der Waals surface area contributed by atoms with Gasteiger partial charge in [0.05, 0.1) is 5.75 Å². The van der Waals surface area contributed by atoms with E-state index in [1.54, 1.807) is 0 Å². The molecule has 0 bridgehead atoms. The number of hydrogen-bond acceptors (Lipinski definition) is 5. The quantitative estimate of drug-likeness (QED) is 0.583. The molecule has 1 N–H and O–H groups in total. The van der Waals surface area contributed by atoms with E-state index in [9.17, 15) is 4.79 Å². The molecular weight excluding hydrogens is 402 g/mol. The van der Waals surface area contributed by atoms with Gasteiger partial charge in [-0.1, -0.05) is 46.7 Å². The fraction of sp³-hybridized carbons (Fsp3) is 0.167. The lowest BCUT2D eigenvalue weighted by Gasteiger charge is -2.05. The van der Waals surface area contributed by atoms with Crippen LogP contribution in [0.5, 0.6) is 0 Å². The summed E-state index contributed by atoms with van der Waals surface area (Å²) in [6.45, 7) is 2.08. The number of aryl methyl sites for hydroxylation is 1. The Hall–Kier alpha value is -2.12. The van der Waals surface area contributed by atoms with Gasteiger partial charge in [-0.05, 0) is 48.4 Å². The van der Waals surface area contributed by atoms with E-state index in [-0.39, 0.29) is 11.7 Å². The van der Waals surface area contributed by atoms with Crippen molar-refractivity contribution in [2.75, 3.05) is 11.1 Å². The van der Waals surface area contributed by atoms with Crippen molar-refractivity contribution in [2.45, 2.75) is 18.6 Å². The number of thioether (sulfide) groups is 1. The van der Waals surface area contributed by atoms with Gasteiger partial charge >= 0.3 is 0 Å². The van der Waals surface area contributed by atoms with Gasteiger partial charge in [-0.2, -0.15) is 0 Å². The third kappa shape index (κ3) is 4.93. The fourth-order valence-corrected chi connectivity index (χ4v) is 3.00. The van der Waals surface area contributed by atoms with Crippen LogP contribution in [0, 0.1) is 0 Å². The lowest BCUT2D eigenvalue weighted by molar-refractivity contribution is -0.113. The predicted octanol–water partition coefficient (Wildman–Crippen LogP) is 4.79. The highest BCUT2D eigenvalue weighted by Crippen LogP contribution is 2.24. The molecule has 0 spiro atoms. The standard InChI is InChI=1S/C18H16BrN3O2S/c1-2-12-4-3-5-15(10-12)20-16(23)11-25-18-22-21-17(24-18)13-6-8-14(19)9-7-13/h3-10H,2,11H2,1H3,(H,20,23). The Morgan fingerprint density at radius 1 is 1.20 bits per heavy atom. The summed E-state index contributed by atoms with van der Waals surface area (Å²) < 4.78 is 6.57. The van der Waals surface area contributed by atoms with Crippen LogP contribution in [0.2, 0.25) is 0 Å². The normalized spacial score (nSPS) is 10.6. The SMILES string of the molecule is CCc1cccc(NC(=O)CSc2nnc(-c3ccc(Br)cc3)o2)c1. The Bertz CT molecular complexity index is 865. The van der Waals surface area contributed by atoms with Crippen LogP contribution in [0.25, 0.3) is 11.5 Å². The maximum absolute atomic E-state index is 12.1. The molecule has 1 amide bonds. The molecule has 1 aromatic heterocycles. The zero-order valence-corrected chi connectivity index (χ0v) is 15.9. The number of aromatic nitrogens is 2. The van der Waals surface area contributed by atoms with Crippen LogP contribution in [-0.2, 0) is 11.2 Å². The minimum absolute atomic E-state index is 0.110. The summed E-state index contributed by atoms with van der Waals surface area (Å²) in [6.07, 6.45) is 0.930. The topological polar surface area (TPSA) is 68.0 Å². The van der Waals surface area contributed by atoms with Gasteiger partial charge in [0.1, 0.15) is 0 Å². The summed E-state index contributed by atoms with van der Waals surface area (Å²) in [5.74, 6) is 0.533. The molecule has 25 heavy (non-hydrogen) atoms. The maximum atomic E-state index is 12.1. The first-order valence-electron chi connectivity index (χ1n) is 7.75. The zero-order valence-electron chi connectivity index (χ0n) is 13.5. The minimum atomic E-state index is -0.110. The number of carbonyl (C=O) groups is 1. The maximum Gasteiger partial charge on any atom is 0.277 e. The van der Waals surface area contributed by atoms with E-state index in [1.807, 2.05) is 48.5 Å². The van der Waals surface area contributed by atoms with Crippen LogP contribution in [-0.4, -0.2) is 21.9 Å². The van der Waals surface area contributed by atoms with Gasteiger partial charge in [0.25, 0.3) is 5.22 Å². The average molecular weight is 418 g/mol. The summed E-state index contributed by atoms with van der Waals surface area (Å²) in [7, 11) is 0. The molecule has 3 aromatic rings. The number of nitrogens with one attached hydrogen (secondary N) is 1. The highest BCUT2D eigenvalue weighted by atomic mass is 79.9. The number of rotatable bonds is 6. The molecule has 5 nitrogen and oxygen atoms in total. The van der Waals surface area contributed by atoms with Crippen LogP contribution in [0.4, 0.5) is 5.69 Å². The molecule has 2 aromatic carbocycles. The number of amides is 1. The van der Waals surface area contributed by atoms with Gasteiger partial charge < -0.3 is 9.73 Å². The molecule has 0 saturated heterocycles. The first-order chi connectivity index (χ1) is 12.1. The number of nitrogens with zero attached hydrogens (tertiary/aromatic N) is 2. The van der Waals surface area contributed by atoms with Crippen molar-refractivity contribution >= 4 is 39.3 Å². The molecule has 1 heterocycles. The van der Waals surface area contributed by atoms with Gasteiger partial charge in [-0.25, -0.2) is 0 Å². The Morgan fingerprint density at radius 3 is 2.76 bits per heavy atom. The Morgan fingerprint density at radius 2 is 2.00 bits per heavy atom. The monoisotopic (exact) mass is 417 g/mol. The summed E-state index contributed by atoms with van der Waals surface area (Å²) in [5, 5.41) is 11.2. The molecule has 3 rings (SSSR count). The Kier molecular flexibility index (Phi) is 5.88. The Labute approximate surface area is 158 Å². The highest BCUT2D eigenvalue weighted by molar-refractivity contribution is 9.10. The summed E-state index contributed by atoms with van der Waals surface area (Å²) in [5.41, 5.74) is 2.82. The molecule has 7 heteroatoms. The molecule has 0 aliphatic rings. The third-order valence-corrected chi connectivity index (χ3v) is 4.79. The van der Waals surface area contributed by atoms with E-state index in [2.05, 4.69) is 38.4 Å². The van der Waals surface area contributed by atoms with Crippen molar-refractivity contribution in [1.29, 1.82) is 0 Å². The minimum Gasteiger partial charge on any atom is -0.411 e. The van der Waals surface area contributed by atoms with E-state index in [0.29, 0.717) is 11.1 Å². The highest BCUT2D eigenvalue weighted by Gasteiger charge is 2.11. The van der Waals surface area contributed by atoms with Crippen molar-refractivity contribution in [3.8, 4) is 11.5 Å². The number of anilines is 1. The second-order valence-electron chi connectivity index (χ2n) is 5.27. The van der Waals surface area contributed by atoms with Crippen LogP contribution in [0.1, 0.15) is 12.5 Å². The average Bonchev–Trinajstić information content (AvgIpc) is 3.10. The van der Waals surface area contributed by atoms with E-state index in [0.717, 1.165) is 22.1 Å². The molecule has 0 radical (unpaired) electrons. The van der Waals surface area contributed by atoms with Gasteiger partial charge in [0, 0.05) is 15.7 Å². The van der Waals surface area contributed by atoms with Crippen LogP contribution in [0.3, 0.4) is 0 Å². The lowest BCUT2D eigenvalue weighted by atomic mass is 10.1. The van der Waals surface area contributed by atoms with Crippen LogP contribution < -0.4 is 5.32 Å². The zero-order chi connectivity index (χ0) is 17.6. The summed E-state index contributed by atoms with van der Waals surface area (Å²) in [6, 6.07) is 15.4. The summed E-state index contributed by atoms with van der Waals surface area (Å²) in [4.78, 5) is 12.1. The molecule has 0 saturated carbocycles. The van der Waals surface area contributed by atoms with Crippen molar-refractivity contribution < 1.29 is 9.21 Å². The fourth-order valence-electron chi connectivity index (χ4n) is 2.17. The molecule has 0 atom stereocenters. The van der Waals surface area contributed by atoms with Crippen molar-refractivity contribution in [3.05, 3.63) is 58.6 Å². The molecule has 0 aliphatic carbocycles. The first kappa shape index (κ1) is 17.7. The molecule has 0 unspecified atom stereocenters. The molecule has 0 aliphatic heterocycles. The number of carbonyl (C=O) groups excluding carboxylic acids is 1. The number of benzene rings is 2. The van der Waals surface area contributed by atoms with Gasteiger partial charge in [0.2, 0.25) is 11.8 Å². The number of halogens is 1. The second kappa shape index (κ2) is 8.31. The van der Waals surface area contributed by atoms with Gasteiger partial charge in [-0.15, -0.1) is 10.2 Å². The van der Waals surface area contributed by atoms with Crippen molar-refractivity contribution in [3.63, 3.8) is 0 Å². The lowest BCUT2D eigenvalue weighted by Crippen LogP contribution is -2.14. The molecule has 0 fully saturated rings. The van der Waals surface area contributed by atoms with E-state index in [4.69, 9.17) is 4.42 Å².